The third kappa shape index (κ3) is 5.20. The van der Waals surface area contributed by atoms with Crippen LogP contribution in [0.5, 0.6) is 0 Å². The van der Waals surface area contributed by atoms with Crippen LogP contribution in [0, 0.1) is 6.92 Å². The molecule has 1 atom stereocenters. The molecule has 0 bridgehead atoms. The highest BCUT2D eigenvalue weighted by Gasteiger charge is 2.09. The molecule has 0 saturated heterocycles. The Morgan fingerprint density at radius 3 is 2.52 bits per heavy atom. The lowest BCUT2D eigenvalue weighted by Crippen LogP contribution is -2.38. The van der Waals surface area contributed by atoms with Crippen molar-refractivity contribution in [2.24, 2.45) is 4.99 Å². The molecule has 2 aromatic carbocycles. The molecule has 0 aliphatic rings. The summed E-state index contributed by atoms with van der Waals surface area (Å²) in [6, 6.07) is 18.6. The summed E-state index contributed by atoms with van der Waals surface area (Å²) in [4.78, 5) is 8.83. The number of aromatic nitrogens is 1. The van der Waals surface area contributed by atoms with Crippen molar-refractivity contribution in [1.29, 1.82) is 0 Å². The summed E-state index contributed by atoms with van der Waals surface area (Å²) in [6.45, 7) is 5.61. The summed E-state index contributed by atoms with van der Waals surface area (Å²) in [6.07, 6.45) is 1.68. The highest BCUT2D eigenvalue weighted by atomic mass is 16.3. The molecule has 140 valence electrons. The van der Waals surface area contributed by atoms with E-state index in [1.165, 1.54) is 11.1 Å². The summed E-state index contributed by atoms with van der Waals surface area (Å²) < 4.78 is 5.60. The molecule has 5 heteroatoms. The number of rotatable bonds is 6. The van der Waals surface area contributed by atoms with Gasteiger partial charge in [-0.2, -0.15) is 0 Å². The SMILES string of the molecule is CN=C(NCc1coc(-c2ccc(C)cc2)n1)NCC(C)c1ccccc1. The molecule has 0 saturated carbocycles. The quantitative estimate of drug-likeness (QED) is 0.511. The van der Waals surface area contributed by atoms with Crippen molar-refractivity contribution in [3.63, 3.8) is 0 Å². The number of nitrogens with one attached hydrogen (secondary N) is 2. The molecule has 0 spiro atoms. The Balaban J connectivity index is 1.52. The van der Waals surface area contributed by atoms with Gasteiger partial charge in [-0.15, -0.1) is 0 Å². The van der Waals surface area contributed by atoms with E-state index >= 15 is 0 Å². The summed E-state index contributed by atoms with van der Waals surface area (Å²) in [5, 5.41) is 6.65. The van der Waals surface area contributed by atoms with Gasteiger partial charge in [0.15, 0.2) is 5.96 Å². The molecule has 27 heavy (non-hydrogen) atoms. The van der Waals surface area contributed by atoms with E-state index in [-0.39, 0.29) is 0 Å². The highest BCUT2D eigenvalue weighted by molar-refractivity contribution is 5.79. The molecule has 1 aromatic heterocycles. The molecular weight excluding hydrogens is 336 g/mol. The molecule has 3 rings (SSSR count). The zero-order chi connectivity index (χ0) is 19.1. The average Bonchev–Trinajstić information content (AvgIpc) is 3.18. The summed E-state index contributed by atoms with van der Waals surface area (Å²) >= 11 is 0. The van der Waals surface area contributed by atoms with Crippen molar-refractivity contribution in [3.8, 4) is 11.5 Å². The number of aliphatic imine (C=N–C) groups is 1. The van der Waals surface area contributed by atoms with Gasteiger partial charge < -0.3 is 15.1 Å². The van der Waals surface area contributed by atoms with Gasteiger partial charge in [0.2, 0.25) is 5.89 Å². The Labute approximate surface area is 160 Å². The number of nitrogens with zero attached hydrogens (tertiary/aromatic N) is 2. The van der Waals surface area contributed by atoms with Crippen LogP contribution < -0.4 is 10.6 Å². The molecule has 1 unspecified atom stereocenters. The van der Waals surface area contributed by atoms with Crippen LogP contribution in [0.2, 0.25) is 0 Å². The first-order chi connectivity index (χ1) is 13.2. The van der Waals surface area contributed by atoms with Gasteiger partial charge in [-0.3, -0.25) is 4.99 Å². The topological polar surface area (TPSA) is 62.5 Å². The van der Waals surface area contributed by atoms with E-state index in [0.717, 1.165) is 23.8 Å². The van der Waals surface area contributed by atoms with Crippen molar-refractivity contribution in [3.05, 3.63) is 77.7 Å². The Morgan fingerprint density at radius 2 is 1.81 bits per heavy atom. The monoisotopic (exact) mass is 362 g/mol. The van der Waals surface area contributed by atoms with Crippen LogP contribution in [0.4, 0.5) is 0 Å². The van der Waals surface area contributed by atoms with E-state index in [9.17, 15) is 0 Å². The van der Waals surface area contributed by atoms with Crippen molar-refractivity contribution in [2.75, 3.05) is 13.6 Å². The van der Waals surface area contributed by atoms with Crippen LogP contribution in [0.25, 0.3) is 11.5 Å². The first kappa shape index (κ1) is 18.7. The van der Waals surface area contributed by atoms with Crippen LogP contribution in [-0.4, -0.2) is 24.5 Å². The second-order valence-corrected chi connectivity index (χ2v) is 6.63. The van der Waals surface area contributed by atoms with Crippen LogP contribution in [-0.2, 0) is 6.54 Å². The van der Waals surface area contributed by atoms with E-state index in [4.69, 9.17) is 4.42 Å². The van der Waals surface area contributed by atoms with Crippen LogP contribution >= 0.6 is 0 Å². The molecule has 1 heterocycles. The molecule has 2 N–H and O–H groups in total. The van der Waals surface area contributed by atoms with Crippen molar-refractivity contribution >= 4 is 5.96 Å². The standard InChI is InChI=1S/C22H26N4O/c1-16-9-11-19(12-10-16)21-26-20(15-27-21)14-25-22(23-3)24-13-17(2)18-7-5-4-6-8-18/h4-12,15,17H,13-14H2,1-3H3,(H2,23,24,25). The van der Waals surface area contributed by atoms with E-state index in [1.54, 1.807) is 13.3 Å². The maximum absolute atomic E-state index is 5.60. The number of aryl methyl sites for hydroxylation is 1. The fourth-order valence-electron chi connectivity index (χ4n) is 2.76. The van der Waals surface area contributed by atoms with Crippen LogP contribution in [0.15, 0.2) is 70.3 Å². The number of guanidine groups is 1. The van der Waals surface area contributed by atoms with Gasteiger partial charge in [-0.05, 0) is 30.5 Å². The smallest absolute Gasteiger partial charge is 0.226 e. The fraction of sp³-hybridized carbons (Fsp3) is 0.273. The average molecular weight is 362 g/mol. The number of benzene rings is 2. The minimum Gasteiger partial charge on any atom is -0.444 e. The van der Waals surface area contributed by atoms with E-state index < -0.39 is 0 Å². The number of hydrogen-bond acceptors (Lipinski definition) is 3. The Bertz CT molecular complexity index is 869. The van der Waals surface area contributed by atoms with E-state index in [1.807, 2.05) is 18.2 Å². The van der Waals surface area contributed by atoms with Gasteiger partial charge in [0.1, 0.15) is 6.26 Å². The van der Waals surface area contributed by atoms with Gasteiger partial charge in [0, 0.05) is 19.2 Å². The zero-order valence-corrected chi connectivity index (χ0v) is 16.1. The van der Waals surface area contributed by atoms with Crippen molar-refractivity contribution in [1.82, 2.24) is 15.6 Å². The van der Waals surface area contributed by atoms with E-state index in [0.29, 0.717) is 18.4 Å². The molecule has 5 nitrogen and oxygen atoms in total. The van der Waals surface area contributed by atoms with E-state index in [2.05, 4.69) is 70.9 Å². The first-order valence-corrected chi connectivity index (χ1v) is 9.16. The lowest BCUT2D eigenvalue weighted by atomic mass is 10.0. The van der Waals surface area contributed by atoms with Gasteiger partial charge in [-0.1, -0.05) is 55.0 Å². The van der Waals surface area contributed by atoms with Gasteiger partial charge in [0.25, 0.3) is 0 Å². The predicted molar refractivity (Wildman–Crippen MR) is 110 cm³/mol. The molecule has 0 aliphatic heterocycles. The predicted octanol–water partition coefficient (Wildman–Crippen LogP) is 4.12. The maximum Gasteiger partial charge on any atom is 0.226 e. The second-order valence-electron chi connectivity index (χ2n) is 6.63. The zero-order valence-electron chi connectivity index (χ0n) is 16.1. The summed E-state index contributed by atoms with van der Waals surface area (Å²) in [7, 11) is 1.77. The molecule has 3 aromatic rings. The normalized spacial score (nSPS) is 12.6. The molecular formula is C22H26N4O. The number of hydrogen-bond donors (Lipinski definition) is 2. The second kappa shape index (κ2) is 9.03. The Hall–Kier alpha value is -3.08. The maximum atomic E-state index is 5.60. The molecule has 0 radical (unpaired) electrons. The third-order valence-electron chi connectivity index (χ3n) is 4.46. The molecule has 0 amide bonds. The van der Waals surface area contributed by atoms with Crippen molar-refractivity contribution < 1.29 is 4.42 Å². The van der Waals surface area contributed by atoms with Gasteiger partial charge in [-0.25, -0.2) is 4.98 Å². The largest absolute Gasteiger partial charge is 0.444 e. The third-order valence-corrected chi connectivity index (χ3v) is 4.46. The van der Waals surface area contributed by atoms with Gasteiger partial charge >= 0.3 is 0 Å². The lowest BCUT2D eigenvalue weighted by Gasteiger charge is -2.16. The first-order valence-electron chi connectivity index (χ1n) is 9.16. The van der Waals surface area contributed by atoms with Gasteiger partial charge in [0.05, 0.1) is 12.2 Å². The Kier molecular flexibility index (Phi) is 6.26. The van der Waals surface area contributed by atoms with Crippen LogP contribution in [0.1, 0.15) is 29.7 Å². The number of oxazole rings is 1. The summed E-state index contributed by atoms with van der Waals surface area (Å²) in [5.74, 6) is 1.77. The lowest BCUT2D eigenvalue weighted by molar-refractivity contribution is 0.572. The molecule has 0 fully saturated rings. The van der Waals surface area contributed by atoms with Crippen LogP contribution in [0.3, 0.4) is 0 Å². The fourth-order valence-corrected chi connectivity index (χ4v) is 2.76. The Morgan fingerprint density at radius 1 is 1.07 bits per heavy atom. The minimum absolute atomic E-state index is 0.393. The summed E-state index contributed by atoms with van der Waals surface area (Å²) in [5.41, 5.74) is 4.34. The minimum atomic E-state index is 0.393. The highest BCUT2D eigenvalue weighted by Crippen LogP contribution is 2.19. The van der Waals surface area contributed by atoms with Crippen molar-refractivity contribution in [2.45, 2.75) is 26.3 Å². The molecule has 0 aliphatic carbocycles.